The van der Waals surface area contributed by atoms with Crippen molar-refractivity contribution < 1.29 is 9.53 Å². The van der Waals surface area contributed by atoms with Gasteiger partial charge < -0.3 is 15.0 Å². The Kier molecular flexibility index (Phi) is 4.07. The van der Waals surface area contributed by atoms with Gasteiger partial charge in [-0.05, 0) is 43.0 Å². The number of nitrogens with one attached hydrogen (secondary N) is 1. The Bertz CT molecular complexity index is 759. The van der Waals surface area contributed by atoms with E-state index in [0.717, 1.165) is 36.1 Å². The monoisotopic (exact) mass is 337 g/mol. The van der Waals surface area contributed by atoms with Crippen LogP contribution in [0.5, 0.6) is 5.75 Å². The van der Waals surface area contributed by atoms with Gasteiger partial charge in [-0.25, -0.2) is 4.79 Å². The molecule has 1 aromatic heterocycles. The summed E-state index contributed by atoms with van der Waals surface area (Å²) in [5, 5.41) is 3.21. The number of carbonyl (C=O) groups excluding carboxylic acids is 1. The fourth-order valence-corrected chi connectivity index (χ4v) is 3.72. The van der Waals surface area contributed by atoms with Crippen molar-refractivity contribution in [3.05, 3.63) is 59.9 Å². The smallest absolute Gasteiger partial charge is 0.317 e. The summed E-state index contributed by atoms with van der Waals surface area (Å²) in [6.07, 6.45) is 7.68. The third kappa shape index (κ3) is 3.18. The number of nitrogens with zero attached hydrogens (tertiary/aromatic N) is 2. The predicted octanol–water partition coefficient (Wildman–Crippen LogP) is 3.67. The van der Waals surface area contributed by atoms with E-state index in [-0.39, 0.29) is 17.7 Å². The Morgan fingerprint density at radius 1 is 1.28 bits per heavy atom. The number of para-hydroxylation sites is 1. The summed E-state index contributed by atoms with van der Waals surface area (Å²) in [7, 11) is 1.82. The van der Waals surface area contributed by atoms with Crippen LogP contribution in [0.15, 0.2) is 48.8 Å². The maximum absolute atomic E-state index is 12.7. The predicted molar refractivity (Wildman–Crippen MR) is 95.2 cm³/mol. The second-order valence-corrected chi connectivity index (χ2v) is 7.09. The number of urea groups is 1. The lowest BCUT2D eigenvalue weighted by Gasteiger charge is -2.48. The Morgan fingerprint density at radius 2 is 2.04 bits per heavy atom. The van der Waals surface area contributed by atoms with Gasteiger partial charge in [0.15, 0.2) is 0 Å². The van der Waals surface area contributed by atoms with Gasteiger partial charge in [0.25, 0.3) is 0 Å². The van der Waals surface area contributed by atoms with E-state index in [9.17, 15) is 4.79 Å². The van der Waals surface area contributed by atoms with Crippen molar-refractivity contribution in [3.8, 4) is 5.75 Å². The molecular formula is C20H23N3O2. The molecule has 1 aromatic carbocycles. The fourth-order valence-electron chi connectivity index (χ4n) is 3.72. The Hall–Kier alpha value is -2.56. The molecule has 1 aliphatic carbocycles. The Balaban J connectivity index is 1.48. The summed E-state index contributed by atoms with van der Waals surface area (Å²) in [6, 6.07) is 11.8. The molecule has 1 N–H and O–H groups in total. The lowest BCUT2D eigenvalue weighted by molar-refractivity contribution is -0.0359. The molecule has 4 rings (SSSR count). The van der Waals surface area contributed by atoms with Crippen molar-refractivity contribution in [2.24, 2.45) is 0 Å². The van der Waals surface area contributed by atoms with Crippen molar-refractivity contribution >= 4 is 6.03 Å². The number of hydrogen-bond acceptors (Lipinski definition) is 3. The summed E-state index contributed by atoms with van der Waals surface area (Å²) < 4.78 is 6.25. The van der Waals surface area contributed by atoms with Crippen molar-refractivity contribution in [1.29, 1.82) is 0 Å². The molecule has 2 amide bonds. The lowest BCUT2D eigenvalue weighted by atomic mass is 9.73. The number of amides is 2. The van der Waals surface area contributed by atoms with E-state index in [0.29, 0.717) is 6.54 Å². The number of fused-ring (bicyclic) bond motifs is 1. The summed E-state index contributed by atoms with van der Waals surface area (Å²) >= 11 is 0. The van der Waals surface area contributed by atoms with E-state index in [2.05, 4.69) is 16.4 Å². The number of benzene rings is 1. The van der Waals surface area contributed by atoms with Gasteiger partial charge >= 0.3 is 6.03 Å². The SMILES string of the molecule is CN(Cc1ccncc1)C(=O)NC1CC2(CCC2)Oc2ccccc21. The molecule has 1 spiro atoms. The third-order valence-corrected chi connectivity index (χ3v) is 5.28. The minimum Gasteiger partial charge on any atom is -0.487 e. The minimum atomic E-state index is -0.0873. The summed E-state index contributed by atoms with van der Waals surface area (Å²) in [6.45, 7) is 0.560. The molecule has 25 heavy (non-hydrogen) atoms. The highest BCUT2D eigenvalue weighted by Crippen LogP contribution is 2.48. The van der Waals surface area contributed by atoms with E-state index in [1.807, 2.05) is 37.4 Å². The molecule has 0 radical (unpaired) electrons. The molecule has 1 aliphatic heterocycles. The van der Waals surface area contributed by atoms with Crippen molar-refractivity contribution in [1.82, 2.24) is 15.2 Å². The second kappa shape index (κ2) is 6.39. The van der Waals surface area contributed by atoms with Crippen LogP contribution in [0.25, 0.3) is 0 Å². The quantitative estimate of drug-likeness (QED) is 0.930. The van der Waals surface area contributed by atoms with Crippen LogP contribution in [-0.4, -0.2) is 28.6 Å². The zero-order chi connectivity index (χ0) is 17.3. The van der Waals surface area contributed by atoms with Crippen LogP contribution in [0.1, 0.15) is 42.9 Å². The first-order valence-corrected chi connectivity index (χ1v) is 8.84. The van der Waals surface area contributed by atoms with Crippen molar-refractivity contribution in [3.63, 3.8) is 0 Å². The highest BCUT2D eigenvalue weighted by atomic mass is 16.5. The van der Waals surface area contributed by atoms with Gasteiger partial charge in [0.2, 0.25) is 0 Å². The van der Waals surface area contributed by atoms with Crippen LogP contribution in [0, 0.1) is 0 Å². The number of aromatic nitrogens is 1. The molecule has 0 saturated heterocycles. The van der Waals surface area contributed by atoms with Gasteiger partial charge in [0, 0.05) is 38.0 Å². The standard InChI is InChI=1S/C20H23N3O2/c1-23(14-15-7-11-21-12-8-15)19(24)22-17-13-20(9-4-10-20)25-18-6-3-2-5-16(17)18/h2-3,5-8,11-12,17H,4,9-10,13-14H2,1H3,(H,22,24). The van der Waals surface area contributed by atoms with Crippen molar-refractivity contribution in [2.75, 3.05) is 7.05 Å². The Morgan fingerprint density at radius 3 is 2.76 bits per heavy atom. The van der Waals surface area contributed by atoms with E-state index in [1.165, 1.54) is 6.42 Å². The van der Waals surface area contributed by atoms with Gasteiger partial charge in [-0.15, -0.1) is 0 Å². The number of ether oxygens (including phenoxy) is 1. The first-order valence-electron chi connectivity index (χ1n) is 8.84. The third-order valence-electron chi connectivity index (χ3n) is 5.28. The van der Waals surface area contributed by atoms with E-state index in [1.54, 1.807) is 17.3 Å². The average molecular weight is 337 g/mol. The van der Waals surface area contributed by atoms with Crippen LogP contribution >= 0.6 is 0 Å². The van der Waals surface area contributed by atoms with E-state index in [4.69, 9.17) is 4.74 Å². The molecule has 1 atom stereocenters. The average Bonchev–Trinajstić information content (AvgIpc) is 2.61. The van der Waals surface area contributed by atoms with E-state index < -0.39 is 0 Å². The molecule has 2 aromatic rings. The molecule has 130 valence electrons. The van der Waals surface area contributed by atoms with Gasteiger partial charge in [-0.1, -0.05) is 18.2 Å². The van der Waals surface area contributed by atoms with Crippen LogP contribution in [-0.2, 0) is 6.54 Å². The first-order chi connectivity index (χ1) is 12.2. The zero-order valence-electron chi connectivity index (χ0n) is 14.4. The van der Waals surface area contributed by atoms with Crippen LogP contribution in [0.2, 0.25) is 0 Å². The summed E-state index contributed by atoms with van der Waals surface area (Å²) in [5.41, 5.74) is 2.05. The van der Waals surface area contributed by atoms with E-state index >= 15 is 0 Å². The molecule has 2 aliphatic rings. The molecule has 0 bridgehead atoms. The molecule has 5 heteroatoms. The first kappa shape index (κ1) is 15.9. The highest BCUT2D eigenvalue weighted by Gasteiger charge is 2.45. The van der Waals surface area contributed by atoms with Crippen LogP contribution in [0.3, 0.4) is 0 Å². The van der Waals surface area contributed by atoms with Gasteiger partial charge in [0.1, 0.15) is 11.4 Å². The van der Waals surface area contributed by atoms with Gasteiger partial charge in [-0.2, -0.15) is 0 Å². The molecule has 1 fully saturated rings. The number of rotatable bonds is 3. The maximum atomic E-state index is 12.7. The topological polar surface area (TPSA) is 54.5 Å². The minimum absolute atomic E-state index is 0.00219. The number of carbonyl (C=O) groups is 1. The molecule has 1 saturated carbocycles. The second-order valence-electron chi connectivity index (χ2n) is 7.09. The van der Waals surface area contributed by atoms with Gasteiger partial charge in [0.05, 0.1) is 6.04 Å². The zero-order valence-corrected chi connectivity index (χ0v) is 14.4. The number of hydrogen-bond donors (Lipinski definition) is 1. The van der Waals surface area contributed by atoms with Gasteiger partial charge in [-0.3, -0.25) is 4.98 Å². The number of pyridine rings is 1. The molecule has 5 nitrogen and oxygen atoms in total. The Labute approximate surface area is 148 Å². The normalized spacial score (nSPS) is 20.1. The van der Waals surface area contributed by atoms with Crippen LogP contribution in [0.4, 0.5) is 4.79 Å². The van der Waals surface area contributed by atoms with Crippen LogP contribution < -0.4 is 10.1 Å². The summed E-state index contributed by atoms with van der Waals surface area (Å²) in [5.74, 6) is 0.913. The fraction of sp³-hybridized carbons (Fsp3) is 0.400. The summed E-state index contributed by atoms with van der Waals surface area (Å²) in [4.78, 5) is 18.4. The largest absolute Gasteiger partial charge is 0.487 e. The maximum Gasteiger partial charge on any atom is 0.317 e. The molecular weight excluding hydrogens is 314 g/mol. The van der Waals surface area contributed by atoms with Crippen molar-refractivity contribution in [2.45, 2.75) is 43.9 Å². The highest BCUT2D eigenvalue weighted by molar-refractivity contribution is 5.74. The molecule has 2 heterocycles. The lowest BCUT2D eigenvalue weighted by Crippen LogP contribution is -2.51. The molecule has 1 unspecified atom stereocenters.